The molecule has 4 aromatic rings. The predicted octanol–water partition coefficient (Wildman–Crippen LogP) is 6.23. The molecule has 1 atom stereocenters. The normalized spacial score (nSPS) is 11.4. The third-order valence-electron chi connectivity index (χ3n) is 6.86. The number of carboxylic acids is 1. The second-order valence-corrected chi connectivity index (χ2v) is 10.0. The Morgan fingerprint density at radius 1 is 0.810 bits per heavy atom. The van der Waals surface area contributed by atoms with Crippen LogP contribution in [0, 0.1) is 0 Å². The standard InChI is InChI=1S/C35H36N2O5/c1-2-11-33(38)37(25-27-12-5-3-6-13-27)22-23-42-29-20-18-26(19-21-29)24-32(35(40)41)36-31-17-10-9-16-30(31)34(39)28-14-7-4-8-15-28/h3-10,12-21,32,36H,2,11,22-25H2,1H3,(H,40,41)/t32-/m0/s1. The van der Waals surface area contributed by atoms with E-state index in [1.54, 1.807) is 60.7 Å². The molecule has 0 aliphatic carbocycles. The van der Waals surface area contributed by atoms with E-state index in [9.17, 15) is 19.5 Å². The summed E-state index contributed by atoms with van der Waals surface area (Å²) < 4.78 is 5.93. The van der Waals surface area contributed by atoms with Crippen LogP contribution in [0.2, 0.25) is 0 Å². The van der Waals surface area contributed by atoms with Crippen LogP contribution in [0.1, 0.15) is 46.8 Å². The van der Waals surface area contributed by atoms with Crippen molar-refractivity contribution in [3.8, 4) is 5.75 Å². The van der Waals surface area contributed by atoms with Gasteiger partial charge in [0, 0.05) is 36.2 Å². The predicted molar refractivity (Wildman–Crippen MR) is 164 cm³/mol. The van der Waals surface area contributed by atoms with Crippen molar-refractivity contribution in [2.24, 2.45) is 0 Å². The fraction of sp³-hybridized carbons (Fsp3) is 0.229. The summed E-state index contributed by atoms with van der Waals surface area (Å²) in [5, 5.41) is 13.0. The molecule has 0 aliphatic rings. The molecule has 0 heterocycles. The number of nitrogens with zero attached hydrogens (tertiary/aromatic N) is 1. The van der Waals surface area contributed by atoms with Gasteiger partial charge in [-0.25, -0.2) is 4.79 Å². The second kappa shape index (κ2) is 15.2. The maximum Gasteiger partial charge on any atom is 0.326 e. The molecular formula is C35H36N2O5. The van der Waals surface area contributed by atoms with E-state index in [2.05, 4.69) is 5.32 Å². The summed E-state index contributed by atoms with van der Waals surface area (Å²) in [6, 6.07) is 32.1. The average Bonchev–Trinajstić information content (AvgIpc) is 3.02. The minimum atomic E-state index is -1.02. The van der Waals surface area contributed by atoms with Gasteiger partial charge in [-0.2, -0.15) is 0 Å². The fourth-order valence-corrected chi connectivity index (χ4v) is 4.64. The first-order chi connectivity index (χ1) is 20.4. The first-order valence-electron chi connectivity index (χ1n) is 14.2. The highest BCUT2D eigenvalue weighted by Gasteiger charge is 2.21. The lowest BCUT2D eigenvalue weighted by atomic mass is 10.00. The van der Waals surface area contributed by atoms with Crippen molar-refractivity contribution in [1.29, 1.82) is 0 Å². The summed E-state index contributed by atoms with van der Waals surface area (Å²) in [7, 11) is 0. The van der Waals surface area contributed by atoms with Crippen LogP contribution < -0.4 is 10.1 Å². The Morgan fingerprint density at radius 3 is 2.12 bits per heavy atom. The molecule has 216 valence electrons. The monoisotopic (exact) mass is 564 g/mol. The number of carbonyl (C=O) groups excluding carboxylic acids is 2. The minimum absolute atomic E-state index is 0.0968. The first kappa shape index (κ1) is 30.1. The van der Waals surface area contributed by atoms with Crippen molar-refractivity contribution in [3.63, 3.8) is 0 Å². The van der Waals surface area contributed by atoms with Gasteiger partial charge >= 0.3 is 5.97 Å². The van der Waals surface area contributed by atoms with Crippen molar-refractivity contribution in [2.75, 3.05) is 18.5 Å². The number of anilines is 1. The van der Waals surface area contributed by atoms with Crippen LogP contribution >= 0.6 is 0 Å². The Balaban J connectivity index is 1.36. The van der Waals surface area contributed by atoms with E-state index in [1.165, 1.54) is 0 Å². The van der Waals surface area contributed by atoms with Gasteiger partial charge in [0.2, 0.25) is 5.91 Å². The molecule has 0 spiro atoms. The van der Waals surface area contributed by atoms with Crippen molar-refractivity contribution in [3.05, 3.63) is 131 Å². The molecule has 7 nitrogen and oxygen atoms in total. The maximum atomic E-state index is 13.1. The Kier molecular flexibility index (Phi) is 10.9. The lowest BCUT2D eigenvalue weighted by Gasteiger charge is -2.23. The van der Waals surface area contributed by atoms with Gasteiger partial charge in [0.15, 0.2) is 5.78 Å². The van der Waals surface area contributed by atoms with Crippen LogP contribution in [0.15, 0.2) is 109 Å². The second-order valence-electron chi connectivity index (χ2n) is 10.0. The van der Waals surface area contributed by atoms with Crippen LogP contribution in [0.25, 0.3) is 0 Å². The number of rotatable bonds is 15. The molecule has 0 bridgehead atoms. The van der Waals surface area contributed by atoms with E-state index in [1.807, 2.05) is 60.4 Å². The number of benzene rings is 4. The third kappa shape index (κ3) is 8.54. The number of para-hydroxylation sites is 1. The van der Waals surface area contributed by atoms with Crippen molar-refractivity contribution < 1.29 is 24.2 Å². The zero-order valence-electron chi connectivity index (χ0n) is 23.7. The van der Waals surface area contributed by atoms with Crippen LogP contribution in [0.4, 0.5) is 5.69 Å². The summed E-state index contributed by atoms with van der Waals surface area (Å²) in [6.07, 6.45) is 1.48. The zero-order valence-corrected chi connectivity index (χ0v) is 23.7. The van der Waals surface area contributed by atoms with Gasteiger partial charge < -0.3 is 20.1 Å². The maximum absolute atomic E-state index is 13.1. The molecule has 0 saturated carbocycles. The number of ether oxygens (including phenoxy) is 1. The molecule has 7 heteroatoms. The lowest BCUT2D eigenvalue weighted by Crippen LogP contribution is -2.34. The summed E-state index contributed by atoms with van der Waals surface area (Å²) in [6.45, 7) is 3.32. The third-order valence-corrected chi connectivity index (χ3v) is 6.86. The molecule has 0 radical (unpaired) electrons. The molecule has 42 heavy (non-hydrogen) atoms. The van der Waals surface area contributed by atoms with E-state index in [-0.39, 0.29) is 18.1 Å². The van der Waals surface area contributed by atoms with Gasteiger partial charge in [-0.1, -0.05) is 91.9 Å². The van der Waals surface area contributed by atoms with Crippen molar-refractivity contribution in [2.45, 2.75) is 38.8 Å². The van der Waals surface area contributed by atoms with Gasteiger partial charge in [-0.15, -0.1) is 0 Å². The van der Waals surface area contributed by atoms with E-state index >= 15 is 0 Å². The number of amides is 1. The minimum Gasteiger partial charge on any atom is -0.492 e. The molecule has 2 N–H and O–H groups in total. The summed E-state index contributed by atoms with van der Waals surface area (Å²) in [5.74, 6) is -0.463. The number of carbonyl (C=O) groups is 3. The van der Waals surface area contributed by atoms with Gasteiger partial charge in [0.1, 0.15) is 18.4 Å². The van der Waals surface area contributed by atoms with Crippen molar-refractivity contribution >= 4 is 23.3 Å². The Bertz CT molecular complexity index is 1460. The molecule has 4 aromatic carbocycles. The first-order valence-corrected chi connectivity index (χ1v) is 14.2. The molecule has 4 rings (SSSR count). The van der Waals surface area contributed by atoms with E-state index in [0.29, 0.717) is 48.7 Å². The number of aliphatic carboxylic acids is 1. The number of hydrogen-bond donors (Lipinski definition) is 2. The molecule has 0 unspecified atom stereocenters. The van der Waals surface area contributed by atoms with E-state index in [4.69, 9.17) is 4.74 Å². The van der Waals surface area contributed by atoms with Gasteiger partial charge in [0.05, 0.1) is 6.54 Å². The molecular weight excluding hydrogens is 528 g/mol. The summed E-state index contributed by atoms with van der Waals surface area (Å²) in [4.78, 5) is 39.7. The Morgan fingerprint density at radius 2 is 1.45 bits per heavy atom. The molecule has 0 fully saturated rings. The highest BCUT2D eigenvalue weighted by atomic mass is 16.5. The van der Waals surface area contributed by atoms with Crippen molar-refractivity contribution in [1.82, 2.24) is 4.90 Å². The number of carboxylic acid groups (broad SMARTS) is 1. The van der Waals surface area contributed by atoms with Crippen LogP contribution in [-0.4, -0.2) is 46.9 Å². The van der Waals surface area contributed by atoms with Gasteiger partial charge in [0.25, 0.3) is 0 Å². The molecule has 0 saturated heterocycles. The highest BCUT2D eigenvalue weighted by Crippen LogP contribution is 2.22. The van der Waals surface area contributed by atoms with Crippen LogP contribution in [0.5, 0.6) is 5.75 Å². The molecule has 0 aliphatic heterocycles. The Hall–Kier alpha value is -4.91. The highest BCUT2D eigenvalue weighted by molar-refractivity contribution is 6.12. The largest absolute Gasteiger partial charge is 0.492 e. The van der Waals surface area contributed by atoms with E-state index in [0.717, 1.165) is 17.5 Å². The topological polar surface area (TPSA) is 95.9 Å². The summed E-state index contributed by atoms with van der Waals surface area (Å²) in [5.41, 5.74) is 3.29. The summed E-state index contributed by atoms with van der Waals surface area (Å²) >= 11 is 0. The van der Waals surface area contributed by atoms with Crippen LogP contribution in [-0.2, 0) is 22.6 Å². The van der Waals surface area contributed by atoms with Crippen LogP contribution in [0.3, 0.4) is 0 Å². The number of nitrogens with one attached hydrogen (secondary N) is 1. The molecule has 0 aromatic heterocycles. The van der Waals surface area contributed by atoms with Gasteiger partial charge in [-0.05, 0) is 41.8 Å². The smallest absolute Gasteiger partial charge is 0.326 e. The van der Waals surface area contributed by atoms with Gasteiger partial charge in [-0.3, -0.25) is 9.59 Å². The molecule has 1 amide bonds. The quantitative estimate of drug-likeness (QED) is 0.166. The fourth-order valence-electron chi connectivity index (χ4n) is 4.64. The number of hydrogen-bond acceptors (Lipinski definition) is 5. The van der Waals surface area contributed by atoms with E-state index < -0.39 is 12.0 Å². The lowest BCUT2D eigenvalue weighted by molar-refractivity contribution is -0.138. The average molecular weight is 565 g/mol. The zero-order chi connectivity index (χ0) is 29.7. The number of ketones is 1. The SMILES string of the molecule is CCCC(=O)N(CCOc1ccc(C[C@H](Nc2ccccc2C(=O)c2ccccc2)C(=O)O)cc1)Cc1ccccc1. The Labute approximate surface area is 246 Å².